The van der Waals surface area contributed by atoms with Crippen molar-refractivity contribution in [3.63, 3.8) is 0 Å². The van der Waals surface area contributed by atoms with Crippen molar-refractivity contribution in [1.29, 1.82) is 0 Å². The molecule has 0 amide bonds. The van der Waals surface area contributed by atoms with E-state index in [1.807, 2.05) is 6.92 Å². The summed E-state index contributed by atoms with van der Waals surface area (Å²) in [6.07, 6.45) is 7.05. The molecule has 0 radical (unpaired) electrons. The molecule has 0 saturated heterocycles. The minimum absolute atomic E-state index is 0.0624. The molecule has 5 heteroatoms. The smallest absolute Gasteiger partial charge is 0.314 e. The summed E-state index contributed by atoms with van der Waals surface area (Å²) in [5.74, 6) is -1.34. The molecule has 2 N–H and O–H groups in total. The molecule has 0 heterocycles. The molecule has 140 valence electrons. The van der Waals surface area contributed by atoms with Crippen LogP contribution in [0.15, 0.2) is 11.6 Å². The van der Waals surface area contributed by atoms with E-state index in [9.17, 15) is 19.5 Å². The minimum Gasteiger partial charge on any atom is -0.481 e. The monoisotopic (exact) mass is 350 g/mol. The number of fused-ring (bicyclic) bond motifs is 1. The standard InChI is InChI=1S/C20H30O5/c1-13(11-17(22)23)7-9-19(3)14(2)8-10-20(18(24)25)15(12-21)5-4-6-16(19)20/h5,12-14,16H,4,6-11H2,1-3H3,(H,22,23)(H,24,25). The van der Waals surface area contributed by atoms with Crippen LogP contribution in [0.3, 0.4) is 0 Å². The second kappa shape index (κ2) is 7.30. The maximum absolute atomic E-state index is 12.3. The van der Waals surface area contributed by atoms with Crippen molar-refractivity contribution in [2.75, 3.05) is 0 Å². The second-order valence-corrected chi connectivity index (χ2v) is 8.37. The van der Waals surface area contributed by atoms with Crippen molar-refractivity contribution < 1.29 is 24.6 Å². The average Bonchev–Trinajstić information content (AvgIpc) is 2.55. The van der Waals surface area contributed by atoms with E-state index in [1.54, 1.807) is 6.08 Å². The predicted octanol–water partition coefficient (Wildman–Crippen LogP) is 3.92. The molecule has 2 aliphatic rings. The molecule has 2 rings (SSSR count). The highest BCUT2D eigenvalue weighted by molar-refractivity contribution is 5.91. The van der Waals surface area contributed by atoms with Gasteiger partial charge in [0.05, 0.1) is 5.41 Å². The first-order valence-corrected chi connectivity index (χ1v) is 9.29. The van der Waals surface area contributed by atoms with Crippen molar-refractivity contribution in [3.05, 3.63) is 11.6 Å². The zero-order valence-electron chi connectivity index (χ0n) is 15.5. The SMILES string of the molecule is CC(CCC1(C)C(C)CCC2(C(=O)O)C(C=O)=CCCC21)CC(=O)O. The number of carbonyl (C=O) groups is 3. The topological polar surface area (TPSA) is 91.7 Å². The Morgan fingerprint density at radius 3 is 2.60 bits per heavy atom. The Kier molecular flexibility index (Phi) is 5.75. The summed E-state index contributed by atoms with van der Waals surface area (Å²) < 4.78 is 0. The molecule has 1 saturated carbocycles. The third-order valence-corrected chi connectivity index (χ3v) is 7.03. The van der Waals surface area contributed by atoms with Gasteiger partial charge in [0.2, 0.25) is 0 Å². The lowest BCUT2D eigenvalue weighted by molar-refractivity contribution is -0.163. The fourth-order valence-electron chi connectivity index (χ4n) is 5.27. The van der Waals surface area contributed by atoms with Crippen LogP contribution >= 0.6 is 0 Å². The number of aliphatic carboxylic acids is 2. The van der Waals surface area contributed by atoms with Gasteiger partial charge >= 0.3 is 11.9 Å². The van der Waals surface area contributed by atoms with E-state index < -0.39 is 17.4 Å². The number of hydrogen-bond donors (Lipinski definition) is 2. The van der Waals surface area contributed by atoms with Gasteiger partial charge in [-0.05, 0) is 61.7 Å². The Labute approximate surface area is 149 Å². The van der Waals surface area contributed by atoms with E-state index in [0.29, 0.717) is 17.9 Å². The first kappa shape index (κ1) is 19.7. The van der Waals surface area contributed by atoms with Crippen LogP contribution in [0.25, 0.3) is 0 Å². The normalized spacial score (nSPS) is 36.0. The summed E-state index contributed by atoms with van der Waals surface area (Å²) in [6, 6.07) is 0. The van der Waals surface area contributed by atoms with E-state index in [0.717, 1.165) is 38.4 Å². The maximum atomic E-state index is 12.3. The zero-order valence-corrected chi connectivity index (χ0v) is 15.5. The van der Waals surface area contributed by atoms with Crippen molar-refractivity contribution in [2.45, 2.75) is 65.7 Å². The number of aldehydes is 1. The van der Waals surface area contributed by atoms with Crippen LogP contribution in [0.2, 0.25) is 0 Å². The Morgan fingerprint density at radius 2 is 2.04 bits per heavy atom. The van der Waals surface area contributed by atoms with Crippen LogP contribution < -0.4 is 0 Å². The Morgan fingerprint density at radius 1 is 1.36 bits per heavy atom. The number of carboxylic acids is 2. The highest BCUT2D eigenvalue weighted by Crippen LogP contribution is 2.62. The predicted molar refractivity (Wildman–Crippen MR) is 94.1 cm³/mol. The van der Waals surface area contributed by atoms with Gasteiger partial charge in [-0.1, -0.05) is 26.8 Å². The van der Waals surface area contributed by atoms with Gasteiger partial charge in [0.1, 0.15) is 6.29 Å². The number of carboxylic acid groups (broad SMARTS) is 2. The largest absolute Gasteiger partial charge is 0.481 e. The number of rotatable bonds is 7. The molecule has 1 fully saturated rings. The molecule has 0 aromatic heterocycles. The quantitative estimate of drug-likeness (QED) is 0.679. The molecule has 5 atom stereocenters. The van der Waals surface area contributed by atoms with Crippen LogP contribution in [0, 0.1) is 28.6 Å². The molecule has 5 unspecified atom stereocenters. The van der Waals surface area contributed by atoms with Gasteiger partial charge in [-0.2, -0.15) is 0 Å². The lowest BCUT2D eigenvalue weighted by Crippen LogP contribution is -2.55. The van der Waals surface area contributed by atoms with Gasteiger partial charge in [-0.15, -0.1) is 0 Å². The van der Waals surface area contributed by atoms with Crippen molar-refractivity contribution in [3.8, 4) is 0 Å². The summed E-state index contributed by atoms with van der Waals surface area (Å²) >= 11 is 0. The molecular formula is C20H30O5. The Bertz CT molecular complexity index is 581. The van der Waals surface area contributed by atoms with E-state index in [1.165, 1.54) is 0 Å². The van der Waals surface area contributed by atoms with Crippen LogP contribution in [0.4, 0.5) is 0 Å². The number of allylic oxidation sites excluding steroid dienone is 1. The fraction of sp³-hybridized carbons (Fsp3) is 0.750. The fourth-order valence-corrected chi connectivity index (χ4v) is 5.27. The summed E-state index contributed by atoms with van der Waals surface area (Å²) in [5.41, 5.74) is -0.837. The first-order valence-electron chi connectivity index (χ1n) is 9.29. The van der Waals surface area contributed by atoms with Gasteiger partial charge in [0, 0.05) is 12.0 Å². The number of hydrogen-bond acceptors (Lipinski definition) is 3. The molecule has 5 nitrogen and oxygen atoms in total. The van der Waals surface area contributed by atoms with E-state index in [-0.39, 0.29) is 23.7 Å². The molecule has 0 aliphatic heterocycles. The van der Waals surface area contributed by atoms with Gasteiger partial charge < -0.3 is 10.2 Å². The molecule has 0 aromatic rings. The Hall–Kier alpha value is -1.65. The average molecular weight is 350 g/mol. The minimum atomic E-state index is -1.07. The van der Waals surface area contributed by atoms with Crippen molar-refractivity contribution in [2.24, 2.45) is 28.6 Å². The highest BCUT2D eigenvalue weighted by Gasteiger charge is 2.60. The molecule has 0 spiro atoms. The van der Waals surface area contributed by atoms with Gasteiger partial charge in [0.15, 0.2) is 0 Å². The first-order chi connectivity index (χ1) is 11.7. The zero-order chi connectivity index (χ0) is 18.8. The molecular weight excluding hydrogens is 320 g/mol. The summed E-state index contributed by atoms with van der Waals surface area (Å²) in [7, 11) is 0. The number of carbonyl (C=O) groups excluding carboxylic acids is 1. The maximum Gasteiger partial charge on any atom is 0.314 e. The van der Waals surface area contributed by atoms with Crippen LogP contribution in [0.5, 0.6) is 0 Å². The van der Waals surface area contributed by atoms with E-state index in [2.05, 4.69) is 13.8 Å². The van der Waals surface area contributed by atoms with Crippen LogP contribution in [0.1, 0.15) is 65.7 Å². The highest BCUT2D eigenvalue weighted by atomic mass is 16.4. The van der Waals surface area contributed by atoms with Gasteiger partial charge in [-0.25, -0.2) is 0 Å². The van der Waals surface area contributed by atoms with Gasteiger partial charge in [0.25, 0.3) is 0 Å². The van der Waals surface area contributed by atoms with E-state index >= 15 is 0 Å². The third kappa shape index (κ3) is 3.38. The van der Waals surface area contributed by atoms with Crippen LogP contribution in [-0.4, -0.2) is 28.4 Å². The second-order valence-electron chi connectivity index (χ2n) is 8.37. The lowest BCUT2D eigenvalue weighted by Gasteiger charge is -2.56. The summed E-state index contributed by atoms with van der Waals surface area (Å²) in [4.78, 5) is 34.8. The van der Waals surface area contributed by atoms with Crippen LogP contribution in [-0.2, 0) is 14.4 Å². The Balaban J connectivity index is 2.33. The third-order valence-electron chi connectivity index (χ3n) is 7.03. The summed E-state index contributed by atoms with van der Waals surface area (Å²) in [6.45, 7) is 6.26. The molecule has 25 heavy (non-hydrogen) atoms. The molecule has 2 aliphatic carbocycles. The van der Waals surface area contributed by atoms with Gasteiger partial charge in [-0.3, -0.25) is 14.4 Å². The van der Waals surface area contributed by atoms with E-state index in [4.69, 9.17) is 5.11 Å². The van der Waals surface area contributed by atoms with Crippen molar-refractivity contribution in [1.82, 2.24) is 0 Å². The van der Waals surface area contributed by atoms with Crippen molar-refractivity contribution >= 4 is 18.2 Å². The molecule has 0 bridgehead atoms. The molecule has 0 aromatic carbocycles. The lowest BCUT2D eigenvalue weighted by atomic mass is 9.46. The summed E-state index contributed by atoms with van der Waals surface area (Å²) in [5, 5.41) is 19.0.